The van der Waals surface area contributed by atoms with E-state index in [1.54, 1.807) is 30.3 Å². The molecule has 2 saturated heterocycles. The molecule has 63 heavy (non-hydrogen) atoms. The number of nitrogens with zero attached hydrogens (tertiary/aromatic N) is 4. The number of halogens is 5. The maximum Gasteiger partial charge on any atom is 0.417 e. The molecule has 0 bridgehead atoms. The first-order valence-electron chi connectivity index (χ1n) is 19.5. The van der Waals surface area contributed by atoms with Gasteiger partial charge in [0.1, 0.15) is 18.1 Å². The molecule has 2 aliphatic heterocycles. The molecule has 9 rings (SSSR count). The van der Waals surface area contributed by atoms with Crippen LogP contribution in [-0.4, -0.2) is 43.7 Å². The van der Waals surface area contributed by atoms with E-state index in [0.29, 0.717) is 33.4 Å². The number of phenolic OH excluding ortho intramolecular Hbond substituents is 1. The number of phenols is 1. The van der Waals surface area contributed by atoms with Crippen molar-refractivity contribution < 1.29 is 47.1 Å². The third-order valence-electron chi connectivity index (χ3n) is 12.4. The lowest BCUT2D eigenvalue weighted by molar-refractivity contribution is -0.384. The summed E-state index contributed by atoms with van der Waals surface area (Å²) in [5, 5.41) is 23.8. The SMILES string of the molecule is O=C1C2CC3C(=CCC4C(=O)N(c5ccc([N+](=O)[O-])cc5)C(=O)C43)C(c3ccc(OCc4ccccc4)cc3O)C2(c2ccc(Cl)cc2)C(=O)N1Nc1ncc(C(F)(F)F)cc1Cl. The average molecular weight is 899 g/mol. The Kier molecular flexibility index (Phi) is 10.3. The number of nitrogens with one attached hydrogen (secondary N) is 1. The molecular weight excluding hydrogens is 866 g/mol. The van der Waals surface area contributed by atoms with Crippen molar-refractivity contribution in [1.29, 1.82) is 0 Å². The summed E-state index contributed by atoms with van der Waals surface area (Å²) in [6.07, 6.45) is -2.68. The molecular formula is C45H32Cl2F3N5O8. The minimum atomic E-state index is -4.80. The highest BCUT2D eigenvalue weighted by Gasteiger charge is 2.70. The van der Waals surface area contributed by atoms with Crippen LogP contribution < -0.4 is 15.1 Å². The van der Waals surface area contributed by atoms with Crippen molar-refractivity contribution in [3.63, 3.8) is 0 Å². The van der Waals surface area contributed by atoms with E-state index in [2.05, 4.69) is 10.4 Å². The number of nitro groups is 1. The van der Waals surface area contributed by atoms with Crippen molar-refractivity contribution in [3.8, 4) is 11.5 Å². The summed E-state index contributed by atoms with van der Waals surface area (Å²) >= 11 is 12.6. The molecule has 4 aromatic carbocycles. The highest BCUT2D eigenvalue weighted by atomic mass is 35.5. The van der Waals surface area contributed by atoms with Crippen LogP contribution in [0.25, 0.3) is 0 Å². The zero-order valence-electron chi connectivity index (χ0n) is 32.5. The van der Waals surface area contributed by atoms with Crippen LogP contribution in [0.15, 0.2) is 121 Å². The Balaban J connectivity index is 1.19. The molecule has 4 amide bonds. The van der Waals surface area contributed by atoms with E-state index in [4.69, 9.17) is 27.9 Å². The highest BCUT2D eigenvalue weighted by Crippen LogP contribution is 2.65. The number of ether oxygens (including phenoxy) is 1. The summed E-state index contributed by atoms with van der Waals surface area (Å²) in [6.45, 7) is 0.158. The second-order valence-corrected chi connectivity index (χ2v) is 16.5. The normalized spacial score (nSPS) is 24.1. The first-order valence-corrected chi connectivity index (χ1v) is 20.3. The van der Waals surface area contributed by atoms with Gasteiger partial charge in [-0.15, -0.1) is 0 Å². The molecule has 6 unspecified atom stereocenters. The molecule has 2 aliphatic carbocycles. The molecule has 3 fully saturated rings. The lowest BCUT2D eigenvalue weighted by Crippen LogP contribution is -2.53. The number of rotatable bonds is 9. The van der Waals surface area contributed by atoms with E-state index in [-0.39, 0.29) is 47.9 Å². The Morgan fingerprint density at radius 2 is 1.62 bits per heavy atom. The number of pyridine rings is 1. The smallest absolute Gasteiger partial charge is 0.417 e. The van der Waals surface area contributed by atoms with Gasteiger partial charge in [0.15, 0.2) is 5.82 Å². The summed E-state index contributed by atoms with van der Waals surface area (Å²) in [4.78, 5) is 74.8. The third-order valence-corrected chi connectivity index (χ3v) is 13.0. The lowest BCUT2D eigenvalue weighted by atomic mass is 9.49. The van der Waals surface area contributed by atoms with E-state index >= 15 is 9.59 Å². The van der Waals surface area contributed by atoms with Crippen molar-refractivity contribution in [3.05, 3.63) is 163 Å². The van der Waals surface area contributed by atoms with Crippen molar-refractivity contribution in [2.75, 3.05) is 10.3 Å². The fourth-order valence-electron chi connectivity index (χ4n) is 9.70. The number of carbonyl (C=O) groups excluding carboxylic acids is 4. The Bertz CT molecular complexity index is 2760. The van der Waals surface area contributed by atoms with Crippen LogP contribution in [-0.2, 0) is 37.4 Å². The minimum Gasteiger partial charge on any atom is -0.508 e. The minimum absolute atomic E-state index is 0.0244. The number of hydrogen-bond donors (Lipinski definition) is 2. The molecule has 3 heterocycles. The van der Waals surface area contributed by atoms with E-state index in [0.717, 1.165) is 10.5 Å². The molecule has 4 aliphatic rings. The lowest BCUT2D eigenvalue weighted by Gasteiger charge is -2.50. The van der Waals surface area contributed by atoms with Gasteiger partial charge in [0.05, 0.1) is 44.4 Å². The molecule has 1 saturated carbocycles. The van der Waals surface area contributed by atoms with Gasteiger partial charge < -0.3 is 9.84 Å². The van der Waals surface area contributed by atoms with Gasteiger partial charge in [0, 0.05) is 40.9 Å². The zero-order valence-corrected chi connectivity index (χ0v) is 34.0. The van der Waals surface area contributed by atoms with Gasteiger partial charge in [-0.2, -0.15) is 18.2 Å². The number of carbonyl (C=O) groups is 4. The van der Waals surface area contributed by atoms with Crippen LogP contribution in [0.4, 0.5) is 30.4 Å². The summed E-state index contributed by atoms with van der Waals surface area (Å²) in [5.41, 5.74) is 1.17. The van der Waals surface area contributed by atoms with Crippen LogP contribution in [0.1, 0.15) is 41.0 Å². The number of nitro benzene ring substituents is 1. The molecule has 0 spiro atoms. The number of non-ortho nitro benzene ring substituents is 1. The monoisotopic (exact) mass is 897 g/mol. The van der Waals surface area contributed by atoms with Crippen LogP contribution in [0, 0.1) is 33.8 Å². The number of fused-ring (bicyclic) bond motifs is 4. The van der Waals surface area contributed by atoms with Gasteiger partial charge >= 0.3 is 6.18 Å². The van der Waals surface area contributed by atoms with Crippen LogP contribution in [0.5, 0.6) is 11.5 Å². The first-order chi connectivity index (χ1) is 30.1. The van der Waals surface area contributed by atoms with Gasteiger partial charge in [-0.05, 0) is 66.3 Å². The number of amides is 4. The van der Waals surface area contributed by atoms with Gasteiger partial charge in [-0.25, -0.2) is 4.98 Å². The number of benzene rings is 4. The Morgan fingerprint density at radius 3 is 2.27 bits per heavy atom. The third kappa shape index (κ3) is 6.84. The number of hydrogen-bond acceptors (Lipinski definition) is 10. The summed E-state index contributed by atoms with van der Waals surface area (Å²) < 4.78 is 46.8. The topological polar surface area (TPSA) is 172 Å². The quantitative estimate of drug-likeness (QED) is 0.0631. The second kappa shape index (κ2) is 15.5. The molecule has 5 aromatic rings. The van der Waals surface area contributed by atoms with Gasteiger partial charge in [-0.3, -0.25) is 39.6 Å². The van der Waals surface area contributed by atoms with Crippen molar-refractivity contribution >= 4 is 64.0 Å². The maximum atomic E-state index is 15.5. The molecule has 2 N–H and O–H groups in total. The molecule has 6 atom stereocenters. The largest absolute Gasteiger partial charge is 0.508 e. The highest BCUT2D eigenvalue weighted by molar-refractivity contribution is 6.33. The van der Waals surface area contributed by atoms with E-state index in [1.165, 1.54) is 42.5 Å². The first kappa shape index (κ1) is 41.6. The fourth-order valence-corrected chi connectivity index (χ4v) is 10.0. The zero-order chi connectivity index (χ0) is 44.5. The number of aromatic hydroxyl groups is 1. The predicted octanol–water partition coefficient (Wildman–Crippen LogP) is 8.79. The van der Waals surface area contributed by atoms with E-state index in [9.17, 15) is 38.0 Å². The van der Waals surface area contributed by atoms with Gasteiger partial charge in [0.2, 0.25) is 11.8 Å². The fraction of sp³-hybridized carbons (Fsp3) is 0.222. The van der Waals surface area contributed by atoms with Crippen molar-refractivity contribution in [2.24, 2.45) is 23.7 Å². The number of alkyl halides is 3. The van der Waals surface area contributed by atoms with Crippen LogP contribution in [0.3, 0.4) is 0 Å². The Morgan fingerprint density at radius 1 is 0.905 bits per heavy atom. The van der Waals surface area contributed by atoms with Gasteiger partial charge in [0.25, 0.3) is 17.5 Å². The maximum absolute atomic E-state index is 15.5. The predicted molar refractivity (Wildman–Crippen MR) is 221 cm³/mol. The van der Waals surface area contributed by atoms with E-state index in [1.807, 2.05) is 30.3 Å². The molecule has 320 valence electrons. The summed E-state index contributed by atoms with van der Waals surface area (Å²) in [6, 6.07) is 25.6. The summed E-state index contributed by atoms with van der Waals surface area (Å²) in [7, 11) is 0. The Labute approximate surface area is 365 Å². The number of hydrazine groups is 1. The van der Waals surface area contributed by atoms with Crippen LogP contribution in [0.2, 0.25) is 10.0 Å². The average Bonchev–Trinajstić information content (AvgIpc) is 3.64. The van der Waals surface area contributed by atoms with Gasteiger partial charge in [-0.1, -0.05) is 83.4 Å². The van der Waals surface area contributed by atoms with Crippen molar-refractivity contribution in [1.82, 2.24) is 9.99 Å². The molecule has 13 nitrogen and oxygen atoms in total. The Hall–Kier alpha value is -6.78. The molecule has 1 aromatic heterocycles. The molecule has 18 heteroatoms. The number of imide groups is 2. The second-order valence-electron chi connectivity index (χ2n) is 15.7. The number of allylic oxidation sites excluding steroid dienone is 2. The van der Waals surface area contributed by atoms with E-state index < -0.39 is 86.1 Å². The number of anilines is 2. The van der Waals surface area contributed by atoms with Crippen LogP contribution >= 0.6 is 23.2 Å². The standard InChI is InChI=1S/C45H32Cl2F3N5O8/c46-26-8-6-24(7-9-26)44-34(41(58)54(43(44)60)52-39-35(47)18-25(21-51-39)45(48,49)50)20-33-30(38(44)31-15-14-29(19-36(31)56)63-22-23-4-2-1-3-5-23)16-17-32-37(33)42(59)53(40(32)57)27-10-12-28(13-11-27)55(61)62/h1-16,18-19,21,32-34,37-38,56H,17,20,22H2,(H,51,52). The molecule has 0 radical (unpaired) electrons. The summed E-state index contributed by atoms with van der Waals surface area (Å²) in [5.74, 6) is -8.74. The van der Waals surface area contributed by atoms with Crippen molar-refractivity contribution in [2.45, 2.75) is 37.0 Å². The number of aromatic nitrogens is 1.